The molecule has 3 aliphatic rings. The van der Waals surface area contributed by atoms with Crippen LogP contribution in [0.15, 0.2) is 0 Å². The summed E-state index contributed by atoms with van der Waals surface area (Å²) in [6, 6.07) is -2.73. The van der Waals surface area contributed by atoms with Crippen LogP contribution in [0.25, 0.3) is 0 Å². The summed E-state index contributed by atoms with van der Waals surface area (Å²) in [7, 11) is 0. The average Bonchev–Trinajstić information content (AvgIpc) is 3.24. The molecule has 3 heterocycles. The minimum absolute atomic E-state index is 0.0162. The van der Waals surface area contributed by atoms with Gasteiger partial charge < -0.3 is 35.5 Å². The lowest BCUT2D eigenvalue weighted by Gasteiger charge is -2.31. The van der Waals surface area contributed by atoms with Crippen LogP contribution >= 0.6 is 0 Å². The van der Waals surface area contributed by atoms with E-state index in [1.807, 2.05) is 0 Å². The lowest BCUT2D eigenvalue weighted by Crippen LogP contribution is -2.54. The molecule has 2 amide bonds. The van der Waals surface area contributed by atoms with Gasteiger partial charge in [0.25, 0.3) is 0 Å². The Bertz CT molecular complexity index is 571. The van der Waals surface area contributed by atoms with Crippen LogP contribution < -0.4 is 5.32 Å². The Kier molecular flexibility index (Phi) is 4.96. The summed E-state index contributed by atoms with van der Waals surface area (Å²) in [5, 5.41) is 41.3. The molecule has 5 N–H and O–H groups in total. The number of aliphatic hydroxyl groups is 3. The molecule has 3 saturated heterocycles. The Morgan fingerprint density at radius 3 is 1.88 bits per heavy atom. The van der Waals surface area contributed by atoms with Crippen LogP contribution in [0.1, 0.15) is 19.3 Å². The fourth-order valence-electron chi connectivity index (χ4n) is 3.88. The molecule has 0 spiro atoms. The van der Waals surface area contributed by atoms with Gasteiger partial charge in [-0.3, -0.25) is 9.59 Å². The lowest BCUT2D eigenvalue weighted by molar-refractivity contribution is -0.152. The summed E-state index contributed by atoms with van der Waals surface area (Å²) in [6.45, 7) is 0.160. The number of carbonyl (C=O) groups excluding carboxylic acids is 2. The van der Waals surface area contributed by atoms with E-state index in [2.05, 4.69) is 5.32 Å². The van der Waals surface area contributed by atoms with E-state index in [1.165, 1.54) is 4.90 Å². The number of β-amino-alcohol motifs (C(OH)–C–C–N with tert-alkyl or cyclic N) is 3. The number of rotatable bonds is 3. The van der Waals surface area contributed by atoms with Crippen molar-refractivity contribution in [2.45, 2.75) is 55.7 Å². The first-order valence-electron chi connectivity index (χ1n) is 8.39. The van der Waals surface area contributed by atoms with Crippen molar-refractivity contribution in [2.75, 3.05) is 19.6 Å². The Labute approximate surface area is 144 Å². The molecule has 0 aliphatic carbocycles. The zero-order valence-corrected chi connectivity index (χ0v) is 13.6. The largest absolute Gasteiger partial charge is 0.480 e. The summed E-state index contributed by atoms with van der Waals surface area (Å²) in [5.74, 6) is -2.17. The maximum absolute atomic E-state index is 12.8. The maximum Gasteiger partial charge on any atom is 0.326 e. The SMILES string of the molecule is O=C(O)[C@@H]1C[C@@H](O)CN1C(=O)[C@@H]1C[C@@H](O)CN1C(=O)[C@@H]1C[C@@H](O)CN1. The maximum atomic E-state index is 12.8. The molecular weight excluding hydrogens is 334 g/mol. The van der Waals surface area contributed by atoms with Crippen molar-refractivity contribution in [3.8, 4) is 0 Å². The Morgan fingerprint density at radius 1 is 0.800 bits per heavy atom. The third kappa shape index (κ3) is 3.47. The van der Waals surface area contributed by atoms with Crippen LogP contribution in [0.5, 0.6) is 0 Å². The molecule has 0 bridgehead atoms. The molecule has 10 heteroatoms. The Morgan fingerprint density at radius 2 is 1.36 bits per heavy atom. The molecule has 0 aromatic heterocycles. The fraction of sp³-hybridized carbons (Fsp3) is 0.800. The van der Waals surface area contributed by atoms with Gasteiger partial charge in [-0.05, 0) is 6.42 Å². The number of hydrogen-bond acceptors (Lipinski definition) is 7. The number of aliphatic hydroxyl groups excluding tert-OH is 3. The van der Waals surface area contributed by atoms with Crippen LogP contribution in [-0.4, -0.2) is 104 Å². The molecule has 0 aromatic carbocycles. The lowest BCUT2D eigenvalue weighted by atomic mass is 10.1. The van der Waals surface area contributed by atoms with E-state index in [0.29, 0.717) is 0 Å². The van der Waals surface area contributed by atoms with Gasteiger partial charge >= 0.3 is 5.97 Å². The molecule has 6 atom stereocenters. The summed E-state index contributed by atoms with van der Waals surface area (Å²) >= 11 is 0. The molecule has 3 fully saturated rings. The standard InChI is InChI=1S/C15H23N3O7/c19-7-1-10(16-4-7)13(22)17-5-8(20)2-11(17)14(23)18-6-9(21)3-12(18)15(24)25/h7-12,16,19-21H,1-6H2,(H,24,25)/t7-,8-,9-,10+,11+,12+/m1/s1. The number of likely N-dealkylation sites (tertiary alicyclic amines) is 2. The molecule has 0 unspecified atom stereocenters. The van der Waals surface area contributed by atoms with Gasteiger partial charge in [0.05, 0.1) is 24.4 Å². The highest BCUT2D eigenvalue weighted by Crippen LogP contribution is 2.27. The smallest absolute Gasteiger partial charge is 0.326 e. The van der Waals surface area contributed by atoms with Crippen molar-refractivity contribution in [1.29, 1.82) is 0 Å². The number of amides is 2. The van der Waals surface area contributed by atoms with Crippen LogP contribution in [0.2, 0.25) is 0 Å². The molecule has 140 valence electrons. The Balaban J connectivity index is 1.75. The van der Waals surface area contributed by atoms with Crippen LogP contribution in [0.4, 0.5) is 0 Å². The molecule has 0 aromatic rings. The van der Waals surface area contributed by atoms with Gasteiger partial charge in [-0.25, -0.2) is 4.79 Å². The molecule has 0 saturated carbocycles. The number of nitrogens with zero attached hydrogens (tertiary/aromatic N) is 2. The predicted octanol–water partition coefficient (Wildman–Crippen LogP) is -3.28. The van der Waals surface area contributed by atoms with Crippen LogP contribution in [0.3, 0.4) is 0 Å². The highest BCUT2D eigenvalue weighted by Gasteiger charge is 2.47. The summed E-state index contributed by atoms with van der Waals surface area (Å²) in [6.07, 6.45) is -2.24. The normalized spacial score (nSPS) is 38.4. The summed E-state index contributed by atoms with van der Waals surface area (Å²) in [4.78, 5) is 39.1. The van der Waals surface area contributed by atoms with Crippen molar-refractivity contribution in [1.82, 2.24) is 15.1 Å². The van der Waals surface area contributed by atoms with Gasteiger partial charge in [0.1, 0.15) is 12.1 Å². The first-order valence-corrected chi connectivity index (χ1v) is 8.39. The number of nitrogens with one attached hydrogen (secondary N) is 1. The summed E-state index contributed by atoms with van der Waals surface area (Å²) in [5.41, 5.74) is 0. The van der Waals surface area contributed by atoms with Crippen LogP contribution in [-0.2, 0) is 14.4 Å². The van der Waals surface area contributed by atoms with Crippen molar-refractivity contribution >= 4 is 17.8 Å². The monoisotopic (exact) mass is 357 g/mol. The van der Waals surface area contributed by atoms with Gasteiger partial charge in [0.15, 0.2) is 0 Å². The van der Waals surface area contributed by atoms with Gasteiger partial charge in [0.2, 0.25) is 11.8 Å². The highest BCUT2D eigenvalue weighted by atomic mass is 16.4. The van der Waals surface area contributed by atoms with E-state index in [-0.39, 0.29) is 38.9 Å². The van der Waals surface area contributed by atoms with Gasteiger partial charge in [0, 0.05) is 32.5 Å². The zero-order chi connectivity index (χ0) is 18.3. The van der Waals surface area contributed by atoms with Crippen molar-refractivity contribution in [2.24, 2.45) is 0 Å². The van der Waals surface area contributed by atoms with Crippen molar-refractivity contribution in [3.05, 3.63) is 0 Å². The average molecular weight is 357 g/mol. The molecule has 10 nitrogen and oxygen atoms in total. The van der Waals surface area contributed by atoms with E-state index >= 15 is 0 Å². The topological polar surface area (TPSA) is 151 Å². The molecule has 3 rings (SSSR count). The van der Waals surface area contributed by atoms with Crippen molar-refractivity contribution in [3.63, 3.8) is 0 Å². The molecule has 0 radical (unpaired) electrons. The first kappa shape index (κ1) is 18.1. The van der Waals surface area contributed by atoms with Gasteiger partial charge in [-0.1, -0.05) is 0 Å². The second kappa shape index (κ2) is 6.87. The van der Waals surface area contributed by atoms with E-state index in [9.17, 15) is 34.8 Å². The molecule has 25 heavy (non-hydrogen) atoms. The second-order valence-corrected chi connectivity index (χ2v) is 6.98. The third-order valence-corrected chi connectivity index (χ3v) is 5.10. The fourth-order valence-corrected chi connectivity index (χ4v) is 3.88. The first-order chi connectivity index (χ1) is 11.8. The molecular formula is C15H23N3O7. The van der Waals surface area contributed by atoms with Crippen molar-refractivity contribution < 1.29 is 34.8 Å². The van der Waals surface area contributed by atoms with E-state index < -0.39 is 54.2 Å². The van der Waals surface area contributed by atoms with Gasteiger partial charge in [-0.2, -0.15) is 0 Å². The highest BCUT2D eigenvalue weighted by molar-refractivity contribution is 5.93. The Hall–Kier alpha value is -1.75. The number of hydrogen-bond donors (Lipinski definition) is 5. The molecule has 3 aliphatic heterocycles. The zero-order valence-electron chi connectivity index (χ0n) is 13.6. The number of aliphatic carboxylic acids is 1. The van der Waals surface area contributed by atoms with Crippen LogP contribution in [0, 0.1) is 0 Å². The minimum atomic E-state index is -1.21. The predicted molar refractivity (Wildman–Crippen MR) is 82.3 cm³/mol. The number of carboxylic acid groups (broad SMARTS) is 1. The van der Waals surface area contributed by atoms with E-state index in [1.54, 1.807) is 0 Å². The number of carbonyl (C=O) groups is 3. The van der Waals surface area contributed by atoms with E-state index in [0.717, 1.165) is 4.90 Å². The van der Waals surface area contributed by atoms with Gasteiger partial charge in [-0.15, -0.1) is 0 Å². The number of carboxylic acids is 1. The minimum Gasteiger partial charge on any atom is -0.480 e. The summed E-state index contributed by atoms with van der Waals surface area (Å²) < 4.78 is 0. The van der Waals surface area contributed by atoms with E-state index in [4.69, 9.17) is 0 Å². The third-order valence-electron chi connectivity index (χ3n) is 5.10. The second-order valence-electron chi connectivity index (χ2n) is 6.98. The quantitative estimate of drug-likeness (QED) is 0.353.